The molecule has 1 N–H and O–H groups in total. The second kappa shape index (κ2) is 4.98. The van der Waals surface area contributed by atoms with E-state index in [1.54, 1.807) is 12.1 Å². The molecule has 1 aliphatic rings. The van der Waals surface area contributed by atoms with Crippen LogP contribution in [0.5, 0.6) is 0 Å². The molecule has 1 aromatic carbocycles. The number of benzene rings is 1. The summed E-state index contributed by atoms with van der Waals surface area (Å²) in [5.41, 5.74) is 3.71. The quantitative estimate of drug-likeness (QED) is 0.919. The lowest BCUT2D eigenvalue weighted by Crippen LogP contribution is -2.22. The molecule has 0 atom stereocenters. The Labute approximate surface area is 109 Å². The Hall–Kier alpha value is -1.19. The average Bonchev–Trinajstić information content (AvgIpc) is 2.71. The summed E-state index contributed by atoms with van der Waals surface area (Å²) in [4.78, 5) is 12.9. The van der Waals surface area contributed by atoms with Gasteiger partial charge in [0.2, 0.25) is 0 Å². The van der Waals surface area contributed by atoms with E-state index in [1.807, 2.05) is 11.0 Å². The highest BCUT2D eigenvalue weighted by atomic mass is 35.5. The van der Waals surface area contributed by atoms with Gasteiger partial charge in [-0.1, -0.05) is 29.3 Å². The molecule has 17 heavy (non-hydrogen) atoms. The lowest BCUT2D eigenvalue weighted by molar-refractivity contribution is 0.0697. The first-order chi connectivity index (χ1) is 8.11. The maximum Gasteiger partial charge on any atom is 0.335 e. The van der Waals surface area contributed by atoms with Crippen molar-refractivity contribution >= 4 is 34.9 Å². The third kappa shape index (κ3) is 2.56. The van der Waals surface area contributed by atoms with E-state index in [4.69, 9.17) is 28.3 Å². The normalized spacial score (nSPS) is 14.9. The molecule has 5 heteroatoms. The van der Waals surface area contributed by atoms with Gasteiger partial charge in [0.1, 0.15) is 0 Å². The van der Waals surface area contributed by atoms with Crippen molar-refractivity contribution in [1.29, 1.82) is 0 Å². The Morgan fingerprint density at radius 1 is 1.53 bits per heavy atom. The zero-order valence-electron chi connectivity index (χ0n) is 8.99. The highest BCUT2D eigenvalue weighted by Gasteiger charge is 2.20. The van der Waals surface area contributed by atoms with E-state index in [0.717, 1.165) is 24.2 Å². The van der Waals surface area contributed by atoms with Gasteiger partial charge in [-0.05, 0) is 24.1 Å². The molecule has 90 valence electrons. The van der Waals surface area contributed by atoms with Crippen LogP contribution < -0.4 is 4.90 Å². The monoisotopic (exact) mass is 271 g/mol. The van der Waals surface area contributed by atoms with Gasteiger partial charge in [0.25, 0.3) is 0 Å². The topological polar surface area (TPSA) is 40.5 Å². The van der Waals surface area contributed by atoms with Crippen molar-refractivity contribution in [3.63, 3.8) is 0 Å². The predicted molar refractivity (Wildman–Crippen MR) is 69.1 cm³/mol. The molecule has 0 aromatic heterocycles. The molecule has 0 aliphatic carbocycles. The number of hydrogen-bond acceptors (Lipinski definition) is 2. The van der Waals surface area contributed by atoms with Crippen molar-refractivity contribution in [3.05, 3.63) is 39.9 Å². The van der Waals surface area contributed by atoms with Crippen LogP contribution in [0.4, 0.5) is 5.69 Å². The number of rotatable bonds is 3. The van der Waals surface area contributed by atoms with E-state index in [1.165, 1.54) is 5.54 Å². The molecule has 1 heterocycles. The van der Waals surface area contributed by atoms with Crippen LogP contribution in [0.15, 0.2) is 28.8 Å². The number of nitrogens with zero attached hydrogens (tertiary/aromatic N) is 1. The second-order valence-corrected chi connectivity index (χ2v) is 4.58. The first-order valence-electron chi connectivity index (χ1n) is 5.17. The maximum atomic E-state index is 10.9. The number of hydrogen-bond donors (Lipinski definition) is 1. The van der Waals surface area contributed by atoms with Gasteiger partial charge in [-0.15, -0.1) is 0 Å². The number of anilines is 1. The first-order valence-corrected chi connectivity index (χ1v) is 5.99. The number of carbonyl (C=O) groups is 1. The van der Waals surface area contributed by atoms with Gasteiger partial charge in [-0.2, -0.15) is 0 Å². The minimum atomic E-state index is -0.918. The minimum Gasteiger partial charge on any atom is -0.478 e. The van der Waals surface area contributed by atoms with E-state index >= 15 is 0 Å². The van der Waals surface area contributed by atoms with Gasteiger partial charge in [0.15, 0.2) is 0 Å². The summed E-state index contributed by atoms with van der Waals surface area (Å²) in [7, 11) is 0. The van der Waals surface area contributed by atoms with Crippen LogP contribution in [-0.4, -0.2) is 24.2 Å². The van der Waals surface area contributed by atoms with Crippen molar-refractivity contribution < 1.29 is 9.90 Å². The number of carboxylic acids is 1. The van der Waals surface area contributed by atoms with Crippen molar-refractivity contribution in [2.24, 2.45) is 0 Å². The van der Waals surface area contributed by atoms with Gasteiger partial charge in [0.05, 0.1) is 12.1 Å². The van der Waals surface area contributed by atoms with E-state index < -0.39 is 5.97 Å². The van der Waals surface area contributed by atoms with E-state index in [2.05, 4.69) is 0 Å². The van der Waals surface area contributed by atoms with Gasteiger partial charge in [-0.3, -0.25) is 0 Å². The molecule has 0 radical (unpaired) electrons. The zero-order valence-corrected chi connectivity index (χ0v) is 10.5. The molecule has 0 saturated heterocycles. The predicted octanol–water partition coefficient (Wildman–Crippen LogP) is 3.07. The summed E-state index contributed by atoms with van der Waals surface area (Å²) < 4.78 is 0. The highest BCUT2D eigenvalue weighted by molar-refractivity contribution is 6.36. The van der Waals surface area contributed by atoms with E-state index in [0.29, 0.717) is 17.1 Å². The molecule has 0 unspecified atom stereocenters. The zero-order chi connectivity index (χ0) is 12.4. The Morgan fingerprint density at radius 3 is 2.94 bits per heavy atom. The first kappa shape index (κ1) is 12.3. The largest absolute Gasteiger partial charge is 0.478 e. The molecule has 1 aromatic rings. The van der Waals surface area contributed by atoms with Crippen molar-refractivity contribution in [2.45, 2.75) is 6.42 Å². The van der Waals surface area contributed by atoms with Crippen LogP contribution in [0.25, 0.3) is 0 Å². The molecule has 0 saturated carbocycles. The third-order valence-electron chi connectivity index (χ3n) is 2.78. The Kier molecular flexibility index (Phi) is 3.60. The van der Waals surface area contributed by atoms with E-state index in [9.17, 15) is 4.79 Å². The third-order valence-corrected chi connectivity index (χ3v) is 3.39. The Bertz CT molecular complexity index is 485. The second-order valence-electron chi connectivity index (χ2n) is 3.88. The van der Waals surface area contributed by atoms with Crippen molar-refractivity contribution in [3.8, 4) is 0 Å². The molecule has 0 bridgehead atoms. The maximum absolute atomic E-state index is 10.9. The number of halogens is 2. The molecule has 0 amide bonds. The fourth-order valence-corrected chi connectivity index (χ4v) is 2.17. The van der Waals surface area contributed by atoms with Crippen LogP contribution >= 0.6 is 23.2 Å². The van der Waals surface area contributed by atoms with Crippen LogP contribution in [-0.2, 0) is 6.42 Å². The highest BCUT2D eigenvalue weighted by Crippen LogP contribution is 2.30. The Morgan fingerprint density at radius 2 is 2.29 bits per heavy atom. The van der Waals surface area contributed by atoms with Gasteiger partial charge in [-0.25, -0.2) is 4.79 Å². The molecular weight excluding hydrogens is 261 g/mol. The average molecular weight is 272 g/mol. The summed E-state index contributed by atoms with van der Waals surface area (Å²) in [5, 5.41) is 9.50. The summed E-state index contributed by atoms with van der Waals surface area (Å²) in [6.07, 6.45) is 0.904. The van der Waals surface area contributed by atoms with Crippen LogP contribution in [0, 0.1) is 0 Å². The molecule has 2 rings (SSSR count). The fourth-order valence-electron chi connectivity index (χ4n) is 1.96. The standard InChI is InChI=1S/C12H11Cl2NO2/c13-6-10(14)7-15-4-3-8-1-2-9(12(16)17)5-11(8)15/h1-2,5-6H,3-4,7H2,(H,16,17)/b10-6-. The number of fused-ring (bicyclic) bond motifs is 1. The Balaban J connectivity index is 2.29. The van der Waals surface area contributed by atoms with Crippen LogP contribution in [0.1, 0.15) is 15.9 Å². The minimum absolute atomic E-state index is 0.293. The SMILES string of the molecule is O=C(O)c1ccc2c(c1)N(C/C(Cl)=C/Cl)CC2. The van der Waals surface area contributed by atoms with Crippen molar-refractivity contribution in [2.75, 3.05) is 18.0 Å². The van der Waals surface area contributed by atoms with Gasteiger partial charge < -0.3 is 10.0 Å². The number of carboxylic acid groups (broad SMARTS) is 1. The van der Waals surface area contributed by atoms with Crippen LogP contribution in [0.2, 0.25) is 0 Å². The molecule has 0 fully saturated rings. The van der Waals surface area contributed by atoms with Crippen molar-refractivity contribution in [1.82, 2.24) is 0 Å². The number of aromatic carboxylic acids is 1. The van der Waals surface area contributed by atoms with Gasteiger partial charge in [0, 0.05) is 22.8 Å². The summed E-state index contributed by atoms with van der Waals surface area (Å²) >= 11 is 11.4. The summed E-state index contributed by atoms with van der Waals surface area (Å²) in [5.74, 6) is -0.918. The van der Waals surface area contributed by atoms with Crippen LogP contribution in [0.3, 0.4) is 0 Å². The smallest absolute Gasteiger partial charge is 0.335 e. The molecule has 0 spiro atoms. The lowest BCUT2D eigenvalue weighted by atomic mass is 10.1. The lowest BCUT2D eigenvalue weighted by Gasteiger charge is -2.18. The molecular formula is C12H11Cl2NO2. The fraction of sp³-hybridized carbons (Fsp3) is 0.250. The van der Waals surface area contributed by atoms with Gasteiger partial charge >= 0.3 is 5.97 Å². The summed E-state index contributed by atoms with van der Waals surface area (Å²) in [6.45, 7) is 1.35. The summed E-state index contributed by atoms with van der Waals surface area (Å²) in [6, 6.07) is 5.17. The molecule has 3 nitrogen and oxygen atoms in total. The van der Waals surface area contributed by atoms with E-state index in [-0.39, 0.29) is 0 Å². The molecule has 1 aliphatic heterocycles.